The Bertz CT molecular complexity index is 1160. The predicted molar refractivity (Wildman–Crippen MR) is 155 cm³/mol. The van der Waals surface area contributed by atoms with Crippen LogP contribution in [0.3, 0.4) is 0 Å². The molecule has 7 nitrogen and oxygen atoms in total. The van der Waals surface area contributed by atoms with E-state index in [4.69, 9.17) is 5.73 Å². The first-order valence-electron chi connectivity index (χ1n) is 12.8. The molecule has 1 aromatic heterocycles. The van der Waals surface area contributed by atoms with Gasteiger partial charge < -0.3 is 10.8 Å². The Hall–Kier alpha value is -2.28. The lowest BCUT2D eigenvalue weighted by Crippen LogP contribution is -2.31. The van der Waals surface area contributed by atoms with Crippen LogP contribution in [0.15, 0.2) is 52.9 Å². The normalized spacial score (nSPS) is 15.6. The Kier molecular flexibility index (Phi) is 13.5. The van der Waals surface area contributed by atoms with E-state index in [1.54, 1.807) is 32.2 Å². The molecule has 0 radical (unpaired) electrons. The number of carboxylic acid groups (broad SMARTS) is 1. The summed E-state index contributed by atoms with van der Waals surface area (Å²) in [6.07, 6.45) is 4.58. The van der Waals surface area contributed by atoms with Crippen molar-refractivity contribution in [1.29, 1.82) is 0 Å². The number of rotatable bonds is 7. The molecule has 2 aromatic rings. The number of benzene rings is 1. The van der Waals surface area contributed by atoms with Gasteiger partial charge in [-0.3, -0.25) is 9.78 Å². The second kappa shape index (κ2) is 15.2. The van der Waals surface area contributed by atoms with E-state index in [0.29, 0.717) is 31.5 Å². The highest BCUT2D eigenvalue weighted by Gasteiger charge is 2.31. The van der Waals surface area contributed by atoms with E-state index in [1.807, 2.05) is 45.9 Å². The SMILES string of the molecule is CC.CCP/C=C(/C)N.Cc1ccc(CC(C)(C)C(=O)O)cc1CN1CCCc2ncccc2S1(=O)=O. The number of fused-ring (bicyclic) bond motifs is 1. The number of carbonyl (C=O) groups is 1. The molecule has 1 atom stereocenters. The minimum atomic E-state index is -3.62. The monoisotopic (exact) mass is 549 g/mol. The van der Waals surface area contributed by atoms with Crippen LogP contribution in [0.5, 0.6) is 0 Å². The molecule has 0 spiro atoms. The highest BCUT2D eigenvalue weighted by molar-refractivity contribution is 7.89. The molecule has 0 aliphatic carbocycles. The molecule has 0 bridgehead atoms. The van der Waals surface area contributed by atoms with Gasteiger partial charge in [-0.25, -0.2) is 8.42 Å². The molecule has 1 aliphatic rings. The minimum Gasteiger partial charge on any atom is -0.481 e. The van der Waals surface area contributed by atoms with Crippen molar-refractivity contribution in [3.05, 3.63) is 70.4 Å². The van der Waals surface area contributed by atoms with E-state index in [1.165, 1.54) is 10.5 Å². The third-order valence-corrected chi connectivity index (χ3v) is 8.79. The second-order valence-electron chi connectivity index (χ2n) is 9.46. The predicted octanol–water partition coefficient (Wildman–Crippen LogP) is 5.71. The third-order valence-electron chi connectivity index (χ3n) is 5.81. The summed E-state index contributed by atoms with van der Waals surface area (Å²) in [6.45, 7) is 14.1. The summed E-state index contributed by atoms with van der Waals surface area (Å²) < 4.78 is 27.8. The maximum atomic E-state index is 13.2. The Balaban J connectivity index is 0.000000659. The van der Waals surface area contributed by atoms with Crippen LogP contribution in [0.2, 0.25) is 0 Å². The van der Waals surface area contributed by atoms with Crippen molar-refractivity contribution >= 4 is 24.6 Å². The second-order valence-corrected chi connectivity index (χ2v) is 12.8. The lowest BCUT2D eigenvalue weighted by molar-refractivity contribution is -0.146. The van der Waals surface area contributed by atoms with Gasteiger partial charge >= 0.3 is 5.97 Å². The van der Waals surface area contributed by atoms with E-state index in [-0.39, 0.29) is 11.4 Å². The molecule has 1 unspecified atom stereocenters. The van der Waals surface area contributed by atoms with Crippen molar-refractivity contribution in [2.24, 2.45) is 11.1 Å². The average Bonchev–Trinajstić information content (AvgIpc) is 2.97. The fourth-order valence-corrected chi connectivity index (χ4v) is 5.92. The number of carboxylic acids is 1. The molecule has 3 N–H and O–H groups in total. The highest BCUT2D eigenvalue weighted by atomic mass is 32.2. The first-order chi connectivity index (χ1) is 17.4. The molecule has 0 saturated heterocycles. The Labute approximate surface area is 225 Å². The largest absolute Gasteiger partial charge is 0.481 e. The molecule has 1 aliphatic heterocycles. The van der Waals surface area contributed by atoms with Crippen molar-refractivity contribution in [3.63, 3.8) is 0 Å². The molecule has 2 heterocycles. The zero-order chi connectivity index (χ0) is 28.2. The minimum absolute atomic E-state index is 0.268. The third kappa shape index (κ3) is 9.84. The van der Waals surface area contributed by atoms with Crippen LogP contribution in [-0.2, 0) is 34.2 Å². The number of aryl methyl sites for hydroxylation is 2. The summed E-state index contributed by atoms with van der Waals surface area (Å²) in [5, 5.41) is 9.39. The van der Waals surface area contributed by atoms with Crippen LogP contribution in [0.4, 0.5) is 0 Å². The molecule has 37 heavy (non-hydrogen) atoms. The quantitative estimate of drug-likeness (QED) is 0.428. The van der Waals surface area contributed by atoms with Gasteiger partial charge in [-0.1, -0.05) is 47.6 Å². The van der Waals surface area contributed by atoms with Crippen LogP contribution in [0.1, 0.15) is 70.3 Å². The molecule has 0 amide bonds. The van der Waals surface area contributed by atoms with E-state index in [9.17, 15) is 18.3 Å². The van der Waals surface area contributed by atoms with E-state index in [0.717, 1.165) is 31.0 Å². The van der Waals surface area contributed by atoms with Gasteiger partial charge in [0.1, 0.15) is 4.90 Å². The molecule has 3 rings (SSSR count). The zero-order valence-electron chi connectivity index (χ0n) is 23.3. The lowest BCUT2D eigenvalue weighted by Gasteiger charge is -2.23. The van der Waals surface area contributed by atoms with Gasteiger partial charge in [0.15, 0.2) is 0 Å². The summed E-state index contributed by atoms with van der Waals surface area (Å²) in [7, 11) is -2.71. The van der Waals surface area contributed by atoms with Gasteiger partial charge in [-0.2, -0.15) is 4.31 Å². The van der Waals surface area contributed by atoms with Gasteiger partial charge in [0.2, 0.25) is 10.0 Å². The lowest BCUT2D eigenvalue weighted by atomic mass is 9.85. The molecule has 0 saturated carbocycles. The van der Waals surface area contributed by atoms with Crippen molar-refractivity contribution < 1.29 is 18.3 Å². The smallest absolute Gasteiger partial charge is 0.309 e. The molecule has 1 aromatic carbocycles. The summed E-state index contributed by atoms with van der Waals surface area (Å²) in [5.41, 5.74) is 8.81. The van der Waals surface area contributed by atoms with E-state index < -0.39 is 21.4 Å². The number of aliphatic carboxylic acids is 1. The first kappa shape index (κ1) is 32.7. The Morgan fingerprint density at radius 2 is 1.95 bits per heavy atom. The number of sulfonamides is 1. The molecular formula is C28H44N3O4PS. The number of allylic oxidation sites excluding steroid dienone is 1. The van der Waals surface area contributed by atoms with Gasteiger partial charge in [-0.05, 0) is 87.8 Å². The number of hydrogen-bond donors (Lipinski definition) is 2. The molecular weight excluding hydrogens is 505 g/mol. The van der Waals surface area contributed by atoms with Gasteiger partial charge in [-0.15, -0.1) is 0 Å². The van der Waals surface area contributed by atoms with Crippen LogP contribution in [0, 0.1) is 12.3 Å². The fraction of sp³-hybridized carbons (Fsp3) is 0.500. The van der Waals surface area contributed by atoms with Crippen molar-refractivity contribution in [2.45, 2.75) is 79.2 Å². The van der Waals surface area contributed by atoms with Crippen molar-refractivity contribution in [2.75, 3.05) is 12.7 Å². The van der Waals surface area contributed by atoms with E-state index >= 15 is 0 Å². The summed E-state index contributed by atoms with van der Waals surface area (Å²) in [5.74, 6) is 1.22. The van der Waals surface area contributed by atoms with Crippen LogP contribution in [0.25, 0.3) is 0 Å². The Morgan fingerprint density at radius 1 is 1.27 bits per heavy atom. The van der Waals surface area contributed by atoms with Gasteiger partial charge in [0.05, 0.1) is 11.1 Å². The molecule has 206 valence electrons. The van der Waals surface area contributed by atoms with Gasteiger partial charge in [0, 0.05) is 25.0 Å². The van der Waals surface area contributed by atoms with Crippen molar-refractivity contribution in [1.82, 2.24) is 9.29 Å². The number of aromatic nitrogens is 1. The number of nitrogens with zero attached hydrogens (tertiary/aromatic N) is 2. The van der Waals surface area contributed by atoms with Crippen LogP contribution < -0.4 is 5.73 Å². The summed E-state index contributed by atoms with van der Waals surface area (Å²) >= 11 is 0. The van der Waals surface area contributed by atoms with Gasteiger partial charge in [0.25, 0.3) is 0 Å². The van der Waals surface area contributed by atoms with E-state index in [2.05, 4.69) is 17.7 Å². The summed E-state index contributed by atoms with van der Waals surface area (Å²) in [4.78, 5) is 16.0. The maximum absolute atomic E-state index is 13.2. The molecule has 9 heteroatoms. The topological polar surface area (TPSA) is 114 Å². The number of nitrogens with two attached hydrogens (primary N) is 1. The standard InChI is InChI=1S/C21H26N2O4S.C5H12NP.C2H6/c1-15-8-9-16(13-21(2,3)20(24)25)12-17(15)14-23-11-5-6-18-19(28(23,26)27)7-4-10-22-18;1-3-7-4-5(2)6;1-2/h4,7-10,12H,5-6,11,13-14H2,1-3H3,(H,24,25);4,7H,3,6H2,1-2H3;1-2H3/b;5-4-;. The Morgan fingerprint density at radius 3 is 2.51 bits per heavy atom. The number of hydrogen-bond acceptors (Lipinski definition) is 5. The van der Waals surface area contributed by atoms with Crippen molar-refractivity contribution in [3.8, 4) is 0 Å². The fourth-order valence-electron chi connectivity index (χ4n) is 3.74. The maximum Gasteiger partial charge on any atom is 0.309 e. The number of pyridine rings is 1. The molecule has 0 fully saturated rings. The van der Waals surface area contributed by atoms with Crippen LogP contribution in [-0.4, -0.2) is 41.5 Å². The first-order valence-corrected chi connectivity index (χ1v) is 15.5. The zero-order valence-corrected chi connectivity index (χ0v) is 25.2. The highest BCUT2D eigenvalue weighted by Crippen LogP contribution is 2.28. The average molecular weight is 550 g/mol. The van der Waals surface area contributed by atoms with Crippen LogP contribution >= 0.6 is 8.58 Å². The summed E-state index contributed by atoms with van der Waals surface area (Å²) in [6, 6.07) is 9.06.